The quantitative estimate of drug-likeness (QED) is 0.370. The van der Waals surface area contributed by atoms with Crippen molar-refractivity contribution in [2.75, 3.05) is 25.0 Å². The van der Waals surface area contributed by atoms with Gasteiger partial charge in [-0.3, -0.25) is 4.90 Å². The van der Waals surface area contributed by atoms with Crippen LogP contribution in [0.3, 0.4) is 0 Å². The molecule has 2 unspecified atom stereocenters. The average Bonchev–Trinajstić information content (AvgIpc) is 2.71. The van der Waals surface area contributed by atoms with Gasteiger partial charge in [0.05, 0.1) is 0 Å². The van der Waals surface area contributed by atoms with Gasteiger partial charge in [-0.15, -0.1) is 0 Å². The maximum atomic E-state index is 8.79. The first kappa shape index (κ1) is 14.7. The number of halogens is 1. The molecule has 2 heterocycles. The maximum Gasteiger partial charge on any atom is 0.171 e. The van der Waals surface area contributed by atoms with Crippen LogP contribution in [0.1, 0.15) is 24.8 Å². The summed E-state index contributed by atoms with van der Waals surface area (Å²) < 4.78 is 0.859. The molecule has 0 spiro atoms. The van der Waals surface area contributed by atoms with Crippen LogP contribution in [-0.4, -0.2) is 48.2 Å². The van der Waals surface area contributed by atoms with Crippen molar-refractivity contribution < 1.29 is 5.21 Å². The van der Waals surface area contributed by atoms with Gasteiger partial charge < -0.3 is 15.8 Å². The highest BCUT2D eigenvalue weighted by atomic mass is 79.9. The molecule has 0 amide bonds. The fourth-order valence-corrected chi connectivity index (χ4v) is 4.08. The first-order valence-corrected chi connectivity index (χ1v) is 8.13. The van der Waals surface area contributed by atoms with Crippen molar-refractivity contribution >= 4 is 27.5 Å². The molecular formula is C15H21BrN4O. The molecule has 6 heteroatoms. The van der Waals surface area contributed by atoms with Gasteiger partial charge in [-0.05, 0) is 60.4 Å². The van der Waals surface area contributed by atoms with Gasteiger partial charge in [0.15, 0.2) is 5.84 Å². The average molecular weight is 353 g/mol. The second kappa shape index (κ2) is 5.85. The van der Waals surface area contributed by atoms with E-state index in [1.807, 2.05) is 6.07 Å². The number of hydrogen-bond acceptors (Lipinski definition) is 4. The number of nitrogens with two attached hydrogens (primary N) is 1. The van der Waals surface area contributed by atoms with Gasteiger partial charge in [0.25, 0.3) is 0 Å². The number of oxime groups is 1. The highest BCUT2D eigenvalue weighted by Crippen LogP contribution is 2.32. The molecule has 0 radical (unpaired) electrons. The first-order valence-electron chi connectivity index (χ1n) is 7.34. The van der Waals surface area contributed by atoms with Gasteiger partial charge in [0.2, 0.25) is 0 Å². The molecule has 0 aromatic heterocycles. The minimum atomic E-state index is 0.128. The summed E-state index contributed by atoms with van der Waals surface area (Å²) in [4.78, 5) is 4.99. The molecule has 1 aromatic carbocycles. The predicted molar refractivity (Wildman–Crippen MR) is 88.1 cm³/mol. The lowest BCUT2D eigenvalue weighted by Gasteiger charge is -2.28. The molecule has 2 atom stereocenters. The number of amidine groups is 1. The van der Waals surface area contributed by atoms with Crippen molar-refractivity contribution in [3.05, 3.63) is 28.2 Å². The number of likely N-dealkylation sites (N-methyl/N-ethyl adjacent to an activating group) is 1. The Kier molecular flexibility index (Phi) is 4.08. The Balaban J connectivity index is 1.83. The van der Waals surface area contributed by atoms with Crippen LogP contribution in [0.4, 0.5) is 5.69 Å². The molecule has 5 nitrogen and oxygen atoms in total. The number of fused-ring (bicyclic) bond motifs is 2. The van der Waals surface area contributed by atoms with E-state index in [0.29, 0.717) is 6.04 Å². The molecule has 2 aliphatic heterocycles. The van der Waals surface area contributed by atoms with Gasteiger partial charge in [0, 0.05) is 40.9 Å². The van der Waals surface area contributed by atoms with Gasteiger partial charge >= 0.3 is 0 Å². The summed E-state index contributed by atoms with van der Waals surface area (Å²) in [7, 11) is 2.25. The van der Waals surface area contributed by atoms with Crippen LogP contribution in [0, 0.1) is 0 Å². The summed E-state index contributed by atoms with van der Waals surface area (Å²) >= 11 is 3.52. The van der Waals surface area contributed by atoms with Gasteiger partial charge in [-0.1, -0.05) is 5.16 Å². The van der Waals surface area contributed by atoms with E-state index in [2.05, 4.69) is 50.1 Å². The zero-order valence-corrected chi connectivity index (χ0v) is 13.8. The number of rotatable bonds is 2. The van der Waals surface area contributed by atoms with Gasteiger partial charge in [0.1, 0.15) is 0 Å². The molecule has 21 heavy (non-hydrogen) atoms. The third-order valence-electron chi connectivity index (χ3n) is 4.85. The molecular weight excluding hydrogens is 332 g/mol. The van der Waals surface area contributed by atoms with E-state index in [-0.39, 0.29) is 5.84 Å². The summed E-state index contributed by atoms with van der Waals surface area (Å²) in [5, 5.41) is 11.9. The van der Waals surface area contributed by atoms with E-state index >= 15 is 0 Å². The minimum absolute atomic E-state index is 0.128. The number of hydrogen-bond donors (Lipinski definition) is 2. The van der Waals surface area contributed by atoms with Crippen LogP contribution >= 0.6 is 15.9 Å². The van der Waals surface area contributed by atoms with Crippen LogP contribution in [0.5, 0.6) is 0 Å². The fourth-order valence-electron chi connectivity index (χ4n) is 3.51. The lowest BCUT2D eigenvalue weighted by Crippen LogP contribution is -2.36. The maximum absolute atomic E-state index is 8.79. The standard InChI is InChI=1S/C15H21BrN4O/c1-19-10-2-3-12(19)9-20(7-6-10)11-4-5-13(14(16)8-11)15(17)18-21/h4-5,8,10,12,21H,2-3,6-7,9H2,1H3,(H2,17,18). The molecule has 2 fully saturated rings. The molecule has 3 N–H and O–H groups in total. The van der Waals surface area contributed by atoms with Gasteiger partial charge in [-0.25, -0.2) is 0 Å². The Morgan fingerprint density at radius 3 is 2.81 bits per heavy atom. The van der Waals surface area contributed by atoms with E-state index in [1.54, 1.807) is 0 Å². The molecule has 2 bridgehead atoms. The third-order valence-corrected chi connectivity index (χ3v) is 5.51. The number of anilines is 1. The fraction of sp³-hybridized carbons (Fsp3) is 0.533. The summed E-state index contributed by atoms with van der Waals surface area (Å²) in [6, 6.07) is 7.41. The number of nitrogens with zero attached hydrogens (tertiary/aromatic N) is 3. The lowest BCUT2D eigenvalue weighted by atomic mass is 10.1. The van der Waals surface area contributed by atoms with Gasteiger partial charge in [-0.2, -0.15) is 0 Å². The van der Waals surface area contributed by atoms with E-state index < -0.39 is 0 Å². The van der Waals surface area contributed by atoms with Crippen molar-refractivity contribution in [2.24, 2.45) is 10.9 Å². The summed E-state index contributed by atoms with van der Waals surface area (Å²) in [6.45, 7) is 2.16. The smallest absolute Gasteiger partial charge is 0.171 e. The van der Waals surface area contributed by atoms with Crippen LogP contribution in [0.15, 0.2) is 27.8 Å². The van der Waals surface area contributed by atoms with Crippen molar-refractivity contribution in [2.45, 2.75) is 31.3 Å². The van der Waals surface area contributed by atoms with E-state index in [0.717, 1.165) is 29.2 Å². The first-order chi connectivity index (χ1) is 10.1. The molecule has 0 aliphatic carbocycles. The Morgan fingerprint density at radius 1 is 1.33 bits per heavy atom. The predicted octanol–water partition coefficient (Wildman–Crippen LogP) is 2.22. The summed E-state index contributed by atoms with van der Waals surface area (Å²) in [6.07, 6.45) is 3.84. The van der Waals surface area contributed by atoms with Crippen LogP contribution in [0.2, 0.25) is 0 Å². The van der Waals surface area contributed by atoms with Crippen molar-refractivity contribution in [3.8, 4) is 0 Å². The Morgan fingerprint density at radius 2 is 2.10 bits per heavy atom. The van der Waals surface area contributed by atoms with Crippen molar-refractivity contribution in [3.63, 3.8) is 0 Å². The highest BCUT2D eigenvalue weighted by Gasteiger charge is 2.34. The zero-order chi connectivity index (χ0) is 15.0. The lowest BCUT2D eigenvalue weighted by molar-refractivity contribution is 0.254. The van der Waals surface area contributed by atoms with E-state index in [1.165, 1.54) is 24.9 Å². The van der Waals surface area contributed by atoms with Crippen LogP contribution in [-0.2, 0) is 0 Å². The summed E-state index contributed by atoms with van der Waals surface area (Å²) in [5.41, 5.74) is 7.58. The second-order valence-electron chi connectivity index (χ2n) is 5.93. The minimum Gasteiger partial charge on any atom is -0.409 e. The number of benzene rings is 1. The van der Waals surface area contributed by atoms with Crippen molar-refractivity contribution in [1.29, 1.82) is 0 Å². The van der Waals surface area contributed by atoms with E-state index in [9.17, 15) is 0 Å². The largest absolute Gasteiger partial charge is 0.409 e. The Bertz CT molecular complexity index is 563. The molecule has 0 saturated carbocycles. The second-order valence-corrected chi connectivity index (χ2v) is 6.79. The third kappa shape index (κ3) is 2.74. The molecule has 1 aromatic rings. The zero-order valence-electron chi connectivity index (χ0n) is 12.2. The SMILES string of the molecule is CN1C2CCC1CN(c1ccc(/C(N)=N/O)c(Br)c1)CC2. The molecule has 3 rings (SSSR count). The van der Waals surface area contributed by atoms with E-state index in [4.69, 9.17) is 10.9 Å². The topological polar surface area (TPSA) is 65.1 Å². The Hall–Kier alpha value is -1.27. The molecule has 2 aliphatic rings. The van der Waals surface area contributed by atoms with Crippen LogP contribution in [0.25, 0.3) is 0 Å². The Labute approximate surface area is 133 Å². The highest BCUT2D eigenvalue weighted by molar-refractivity contribution is 9.10. The van der Waals surface area contributed by atoms with Crippen LogP contribution < -0.4 is 10.6 Å². The molecule has 2 saturated heterocycles. The summed E-state index contributed by atoms with van der Waals surface area (Å²) in [5.74, 6) is 0.128. The monoisotopic (exact) mass is 352 g/mol. The molecule has 114 valence electrons. The van der Waals surface area contributed by atoms with Crippen molar-refractivity contribution in [1.82, 2.24) is 4.90 Å². The normalized spacial score (nSPS) is 27.0.